The summed E-state index contributed by atoms with van der Waals surface area (Å²) in [5.41, 5.74) is 0.959. The van der Waals surface area contributed by atoms with Crippen LogP contribution in [0.5, 0.6) is 0 Å². The number of rotatable bonds is 6. The molecule has 1 fully saturated rings. The molecule has 2 aromatic rings. The average Bonchev–Trinajstić information content (AvgIpc) is 2.68. The second-order valence-electron chi connectivity index (χ2n) is 7.01. The number of ketones is 1. The Hall–Kier alpha value is -1.64. The second kappa shape index (κ2) is 9.02. The van der Waals surface area contributed by atoms with Crippen LogP contribution in [0.1, 0.15) is 24.2 Å². The molecule has 1 saturated heterocycles. The van der Waals surface area contributed by atoms with Crippen LogP contribution in [0.3, 0.4) is 0 Å². The predicted molar refractivity (Wildman–Crippen MR) is 114 cm³/mol. The van der Waals surface area contributed by atoms with Crippen molar-refractivity contribution in [2.45, 2.75) is 31.0 Å². The van der Waals surface area contributed by atoms with Gasteiger partial charge in [-0.2, -0.15) is 4.31 Å². The molecule has 0 radical (unpaired) electrons. The van der Waals surface area contributed by atoms with E-state index in [2.05, 4.69) is 5.32 Å². The van der Waals surface area contributed by atoms with Crippen molar-refractivity contribution in [1.29, 1.82) is 0 Å². The predicted octanol–water partition coefficient (Wildman–Crippen LogP) is 4.09. The first-order chi connectivity index (χ1) is 13.7. The van der Waals surface area contributed by atoms with E-state index in [1.54, 1.807) is 30.3 Å². The summed E-state index contributed by atoms with van der Waals surface area (Å²) in [5, 5.41) is 3.78. The third-order valence-electron chi connectivity index (χ3n) is 4.55. The van der Waals surface area contributed by atoms with Gasteiger partial charge in [0.05, 0.1) is 33.7 Å². The first-order valence-corrected chi connectivity index (χ1v) is 11.3. The lowest BCUT2D eigenvalue weighted by Gasteiger charge is -2.34. The molecule has 1 aliphatic heterocycles. The lowest BCUT2D eigenvalue weighted by atomic mass is 10.1. The van der Waals surface area contributed by atoms with Gasteiger partial charge in [0.15, 0.2) is 5.78 Å². The van der Waals surface area contributed by atoms with Gasteiger partial charge in [-0.3, -0.25) is 4.79 Å². The highest BCUT2D eigenvalue weighted by atomic mass is 35.5. The summed E-state index contributed by atoms with van der Waals surface area (Å²) < 4.78 is 33.1. The minimum absolute atomic E-state index is 0.00686. The van der Waals surface area contributed by atoms with Crippen LogP contribution in [0.2, 0.25) is 10.0 Å². The Morgan fingerprint density at radius 1 is 1.10 bits per heavy atom. The highest BCUT2D eigenvalue weighted by Crippen LogP contribution is 2.25. The minimum Gasteiger partial charge on any atom is -0.378 e. The number of nitrogens with one attached hydrogen (secondary N) is 1. The summed E-state index contributed by atoms with van der Waals surface area (Å²) in [6.45, 7) is 4.24. The molecule has 9 heteroatoms. The normalized spacial score (nSPS) is 20.4. The van der Waals surface area contributed by atoms with Crippen molar-refractivity contribution in [3.63, 3.8) is 0 Å². The van der Waals surface area contributed by atoms with Crippen LogP contribution in [0.15, 0.2) is 47.4 Å². The summed E-state index contributed by atoms with van der Waals surface area (Å²) in [6.07, 6.45) is -0.373. The molecular weight excluding hydrogens is 435 g/mol. The van der Waals surface area contributed by atoms with Crippen molar-refractivity contribution in [3.05, 3.63) is 58.1 Å². The molecule has 2 unspecified atom stereocenters. The lowest BCUT2D eigenvalue weighted by Crippen LogP contribution is -2.48. The van der Waals surface area contributed by atoms with Crippen molar-refractivity contribution in [2.75, 3.05) is 25.0 Å². The third kappa shape index (κ3) is 5.29. The Kier molecular flexibility index (Phi) is 6.86. The number of benzene rings is 2. The first kappa shape index (κ1) is 22.1. The van der Waals surface area contributed by atoms with E-state index in [9.17, 15) is 13.2 Å². The fourth-order valence-electron chi connectivity index (χ4n) is 3.20. The zero-order valence-electron chi connectivity index (χ0n) is 16.1. The van der Waals surface area contributed by atoms with Crippen molar-refractivity contribution >= 4 is 44.7 Å². The third-order valence-corrected chi connectivity index (χ3v) is 7.12. The van der Waals surface area contributed by atoms with Crippen molar-refractivity contribution in [3.8, 4) is 0 Å². The van der Waals surface area contributed by atoms with E-state index in [0.29, 0.717) is 21.3 Å². The standard InChI is InChI=1S/C20H22Cl2N2O4S/c1-13-11-24(12-14(2)28-13)29(26,27)17-5-3-4-15(8-17)20(25)10-23-16-6-7-18(21)19(22)9-16/h3-9,13-14,23H,10-12H2,1-2H3. The number of carbonyl (C=O) groups excluding carboxylic acids is 1. The topological polar surface area (TPSA) is 75.7 Å². The molecule has 29 heavy (non-hydrogen) atoms. The van der Waals surface area contributed by atoms with Crippen molar-refractivity contribution in [2.24, 2.45) is 0 Å². The van der Waals surface area contributed by atoms with E-state index in [-0.39, 0.29) is 42.5 Å². The highest BCUT2D eigenvalue weighted by Gasteiger charge is 2.32. The average molecular weight is 457 g/mol. The fraction of sp³-hybridized carbons (Fsp3) is 0.350. The second-order valence-corrected chi connectivity index (χ2v) is 9.77. The summed E-state index contributed by atoms with van der Waals surface area (Å²) >= 11 is 11.9. The van der Waals surface area contributed by atoms with Gasteiger partial charge in [-0.25, -0.2) is 8.42 Å². The lowest BCUT2D eigenvalue weighted by molar-refractivity contribution is -0.0440. The number of sulfonamides is 1. The molecular formula is C20H22Cl2N2O4S. The summed E-state index contributed by atoms with van der Waals surface area (Å²) in [7, 11) is -3.71. The molecule has 0 aromatic heterocycles. The van der Waals surface area contributed by atoms with Crippen LogP contribution >= 0.6 is 23.2 Å². The molecule has 0 amide bonds. The molecule has 156 valence electrons. The fourth-order valence-corrected chi connectivity index (χ4v) is 5.13. The zero-order valence-corrected chi connectivity index (χ0v) is 18.4. The molecule has 3 rings (SSSR count). The summed E-state index contributed by atoms with van der Waals surface area (Å²) in [6, 6.07) is 11.1. The zero-order chi connectivity index (χ0) is 21.2. The van der Waals surface area contributed by atoms with Gasteiger partial charge >= 0.3 is 0 Å². The largest absolute Gasteiger partial charge is 0.378 e. The maximum absolute atomic E-state index is 13.0. The Balaban J connectivity index is 1.74. The number of Topliss-reactive ketones (excluding diaryl/α,β-unsaturated/α-hetero) is 1. The van der Waals surface area contributed by atoms with Gasteiger partial charge in [0.2, 0.25) is 10.0 Å². The minimum atomic E-state index is -3.71. The molecule has 2 aromatic carbocycles. The molecule has 1 aliphatic rings. The number of nitrogens with zero attached hydrogens (tertiary/aromatic N) is 1. The molecule has 0 aliphatic carbocycles. The van der Waals surface area contributed by atoms with Gasteiger partial charge in [0.1, 0.15) is 0 Å². The van der Waals surface area contributed by atoms with Gasteiger partial charge in [-0.05, 0) is 44.2 Å². The Morgan fingerprint density at radius 2 is 1.79 bits per heavy atom. The van der Waals surface area contributed by atoms with Crippen molar-refractivity contribution < 1.29 is 17.9 Å². The summed E-state index contributed by atoms with van der Waals surface area (Å²) in [5.74, 6) is -0.239. The first-order valence-electron chi connectivity index (χ1n) is 9.14. The SMILES string of the molecule is CC1CN(S(=O)(=O)c2cccc(C(=O)CNc3ccc(Cl)c(Cl)c3)c2)CC(C)O1. The Morgan fingerprint density at radius 3 is 2.45 bits per heavy atom. The van der Waals surface area contributed by atoms with E-state index in [1.807, 2.05) is 13.8 Å². The maximum Gasteiger partial charge on any atom is 0.243 e. The molecule has 0 saturated carbocycles. The van der Waals surface area contributed by atoms with Crippen LogP contribution < -0.4 is 5.32 Å². The number of halogens is 2. The molecule has 0 bridgehead atoms. The van der Waals surface area contributed by atoms with Gasteiger partial charge in [-0.1, -0.05) is 35.3 Å². The van der Waals surface area contributed by atoms with E-state index in [4.69, 9.17) is 27.9 Å². The molecule has 1 N–H and O–H groups in total. The van der Waals surface area contributed by atoms with Crippen molar-refractivity contribution in [1.82, 2.24) is 4.31 Å². The maximum atomic E-state index is 13.0. The number of ether oxygens (including phenoxy) is 1. The highest BCUT2D eigenvalue weighted by molar-refractivity contribution is 7.89. The number of hydrogen-bond donors (Lipinski definition) is 1. The Bertz CT molecular complexity index is 1000. The van der Waals surface area contributed by atoms with Gasteiger partial charge in [-0.15, -0.1) is 0 Å². The molecule has 1 heterocycles. The van der Waals surface area contributed by atoms with E-state index < -0.39 is 10.0 Å². The van der Waals surface area contributed by atoms with Crippen LogP contribution in [0, 0.1) is 0 Å². The number of hydrogen-bond acceptors (Lipinski definition) is 5. The monoisotopic (exact) mass is 456 g/mol. The van der Waals surface area contributed by atoms with Gasteiger partial charge in [0.25, 0.3) is 0 Å². The van der Waals surface area contributed by atoms with E-state index in [1.165, 1.54) is 16.4 Å². The van der Waals surface area contributed by atoms with E-state index >= 15 is 0 Å². The number of anilines is 1. The van der Waals surface area contributed by atoms with Crippen LogP contribution in [-0.4, -0.2) is 50.3 Å². The van der Waals surface area contributed by atoms with Crippen LogP contribution in [-0.2, 0) is 14.8 Å². The van der Waals surface area contributed by atoms with Crippen LogP contribution in [0.25, 0.3) is 0 Å². The smallest absolute Gasteiger partial charge is 0.243 e. The van der Waals surface area contributed by atoms with E-state index in [0.717, 1.165) is 0 Å². The molecule has 2 atom stereocenters. The molecule has 0 spiro atoms. The van der Waals surface area contributed by atoms with Crippen LogP contribution in [0.4, 0.5) is 5.69 Å². The number of carbonyl (C=O) groups is 1. The van der Waals surface area contributed by atoms with Gasteiger partial charge in [0, 0.05) is 24.3 Å². The van der Waals surface area contributed by atoms with Gasteiger partial charge < -0.3 is 10.1 Å². The quantitative estimate of drug-likeness (QED) is 0.662. The number of morpholine rings is 1. The Labute approximate surface area is 180 Å². The summed E-state index contributed by atoms with van der Waals surface area (Å²) in [4.78, 5) is 12.7. The molecule has 6 nitrogen and oxygen atoms in total.